The second-order valence-corrected chi connectivity index (χ2v) is 9.88. The fraction of sp³-hybridized carbons (Fsp3) is 0.480. The van der Waals surface area contributed by atoms with Crippen molar-refractivity contribution in [3.05, 3.63) is 48.0 Å². The first kappa shape index (κ1) is 23.7. The Morgan fingerprint density at radius 3 is 2.52 bits per heavy atom. The van der Waals surface area contributed by atoms with Gasteiger partial charge in [0, 0.05) is 48.4 Å². The summed E-state index contributed by atoms with van der Waals surface area (Å²) in [5.41, 5.74) is 2.67. The third-order valence-electron chi connectivity index (χ3n) is 6.11. The van der Waals surface area contributed by atoms with Crippen LogP contribution in [0.1, 0.15) is 49.9 Å². The molecule has 8 heteroatoms. The topological polar surface area (TPSA) is 53.9 Å². The molecule has 0 bridgehead atoms. The van der Waals surface area contributed by atoms with E-state index < -0.39 is 6.93 Å². The molecule has 3 heterocycles. The molecule has 1 aromatic carbocycles. The minimum Gasteiger partial charge on any atom is -0.370 e. The summed E-state index contributed by atoms with van der Waals surface area (Å²) in [6.45, 7) is 5.04. The van der Waals surface area contributed by atoms with Crippen molar-refractivity contribution in [3.63, 3.8) is 0 Å². The molecule has 2 aromatic heterocycles. The van der Waals surface area contributed by atoms with E-state index in [1.54, 1.807) is 0 Å². The van der Waals surface area contributed by atoms with Crippen LogP contribution in [0.2, 0.25) is 0 Å². The number of nitrogens with zero attached hydrogens (tertiary/aromatic N) is 4. The minimum absolute atomic E-state index is 0.456. The van der Waals surface area contributed by atoms with E-state index in [0.29, 0.717) is 11.8 Å². The number of aromatic nitrogens is 3. The summed E-state index contributed by atoms with van der Waals surface area (Å²) < 4.78 is 19.2. The largest absolute Gasteiger partial charge is 0.370 e. The predicted molar refractivity (Wildman–Crippen MR) is 134 cm³/mol. The Hall–Kier alpha value is -2.48. The third kappa shape index (κ3) is 5.54. The van der Waals surface area contributed by atoms with E-state index in [4.69, 9.17) is 4.98 Å². The van der Waals surface area contributed by atoms with E-state index in [-0.39, 0.29) is 0 Å². The van der Waals surface area contributed by atoms with Crippen LogP contribution in [-0.2, 0) is 0 Å². The first-order chi connectivity index (χ1) is 16.0. The number of thioether (sulfide) groups is 1. The van der Waals surface area contributed by atoms with Crippen LogP contribution in [-0.4, -0.2) is 47.0 Å². The number of hydrogen-bond acceptors (Lipinski definition) is 6. The van der Waals surface area contributed by atoms with Gasteiger partial charge in [-0.15, -0.1) is 0 Å². The van der Waals surface area contributed by atoms with Crippen LogP contribution >= 0.6 is 11.8 Å². The number of hydrogen-bond donors (Lipinski definition) is 1. The second-order valence-electron chi connectivity index (χ2n) is 8.97. The molecule has 1 saturated carbocycles. The summed E-state index contributed by atoms with van der Waals surface area (Å²) in [6, 6.07) is 8.69. The Balaban J connectivity index is 0.000000821. The maximum Gasteiger partial charge on any atom is 0.229 e. The summed E-state index contributed by atoms with van der Waals surface area (Å²) in [5, 5.41) is 5.94. The molecule has 1 aliphatic carbocycles. The zero-order valence-electron chi connectivity index (χ0n) is 19.4. The maximum absolute atomic E-state index is 9.62. The van der Waals surface area contributed by atoms with Gasteiger partial charge in [0.05, 0.1) is 0 Å². The average Bonchev–Trinajstić information content (AvgIpc) is 3.61. The van der Waals surface area contributed by atoms with Gasteiger partial charge in [0.15, 0.2) is 0 Å². The first-order valence-electron chi connectivity index (χ1n) is 11.4. The van der Waals surface area contributed by atoms with Crippen LogP contribution in [0, 0.1) is 5.92 Å². The molecular weight excluding hydrogens is 440 g/mol. The van der Waals surface area contributed by atoms with Crippen molar-refractivity contribution >= 4 is 39.9 Å². The van der Waals surface area contributed by atoms with Gasteiger partial charge in [-0.05, 0) is 59.9 Å². The number of fused-ring (bicyclic) bond motifs is 1. The molecule has 0 amide bonds. The molecule has 2 aliphatic rings. The van der Waals surface area contributed by atoms with Crippen LogP contribution in [0.4, 0.5) is 26.1 Å². The SMILES string of the molecule is CSCC1CN(c2ccc(C(C)C)c3cc(Nc4ccnc(C5CC5)n4)ncc23)C1.FCF. The Bertz CT molecular complexity index is 1080. The van der Waals surface area contributed by atoms with Crippen molar-refractivity contribution in [2.45, 2.75) is 38.5 Å². The molecule has 3 aromatic rings. The van der Waals surface area contributed by atoms with Gasteiger partial charge in [-0.1, -0.05) is 19.9 Å². The average molecular weight is 472 g/mol. The molecule has 1 aliphatic heterocycles. The Morgan fingerprint density at radius 1 is 1.09 bits per heavy atom. The molecule has 0 spiro atoms. The lowest BCUT2D eigenvalue weighted by Gasteiger charge is -2.41. The van der Waals surface area contributed by atoms with E-state index in [1.165, 1.54) is 40.6 Å². The number of nitrogens with one attached hydrogen (secondary N) is 1. The van der Waals surface area contributed by atoms with Crippen molar-refractivity contribution < 1.29 is 8.78 Å². The van der Waals surface area contributed by atoms with Gasteiger partial charge in [-0.25, -0.2) is 23.7 Å². The van der Waals surface area contributed by atoms with Crippen molar-refractivity contribution in [1.82, 2.24) is 15.0 Å². The minimum atomic E-state index is -1.75. The van der Waals surface area contributed by atoms with Crippen LogP contribution < -0.4 is 10.2 Å². The van der Waals surface area contributed by atoms with Crippen LogP contribution in [0.25, 0.3) is 10.8 Å². The normalized spacial score (nSPS) is 15.9. The molecule has 176 valence electrons. The second kappa shape index (κ2) is 10.6. The van der Waals surface area contributed by atoms with Gasteiger partial charge in [-0.2, -0.15) is 11.8 Å². The van der Waals surface area contributed by atoms with Crippen molar-refractivity contribution in [3.8, 4) is 0 Å². The summed E-state index contributed by atoms with van der Waals surface area (Å²) in [6.07, 6.45) is 8.47. The van der Waals surface area contributed by atoms with Gasteiger partial charge >= 0.3 is 0 Å². The van der Waals surface area contributed by atoms with Crippen molar-refractivity contribution in [2.24, 2.45) is 5.92 Å². The van der Waals surface area contributed by atoms with Crippen LogP contribution in [0.15, 0.2) is 36.7 Å². The fourth-order valence-electron chi connectivity index (χ4n) is 4.31. The lowest BCUT2D eigenvalue weighted by atomic mass is 9.93. The standard InChI is InChI=1S/C24H29N5S.CH2F2/c1-15(2)18-6-7-21(29-12-16(13-29)14-30-3)20-11-26-23(10-19(18)20)27-22-8-9-25-24(28-22)17-4-5-17;2-1-3/h6-11,15-17H,4-5,12-14H2,1-3H3,(H,25,26,27,28);1H2. The van der Waals surface area contributed by atoms with Crippen LogP contribution in [0.3, 0.4) is 0 Å². The van der Waals surface area contributed by atoms with Gasteiger partial charge in [-0.3, -0.25) is 0 Å². The van der Waals surface area contributed by atoms with Crippen molar-refractivity contribution in [2.75, 3.05) is 42.2 Å². The van der Waals surface area contributed by atoms with E-state index in [0.717, 1.165) is 36.5 Å². The monoisotopic (exact) mass is 471 g/mol. The summed E-state index contributed by atoms with van der Waals surface area (Å²) in [7, 11) is 0. The van der Waals surface area contributed by atoms with Gasteiger partial charge in [0.2, 0.25) is 6.93 Å². The Kier molecular flexibility index (Phi) is 7.63. The molecule has 5 nitrogen and oxygen atoms in total. The van der Waals surface area contributed by atoms with Gasteiger partial charge < -0.3 is 10.2 Å². The van der Waals surface area contributed by atoms with Crippen LogP contribution in [0.5, 0.6) is 0 Å². The number of anilines is 3. The highest BCUT2D eigenvalue weighted by Crippen LogP contribution is 2.39. The zero-order chi connectivity index (χ0) is 23.4. The summed E-state index contributed by atoms with van der Waals surface area (Å²) in [4.78, 5) is 16.3. The smallest absolute Gasteiger partial charge is 0.229 e. The lowest BCUT2D eigenvalue weighted by molar-refractivity contribution is 0.295. The highest BCUT2D eigenvalue weighted by molar-refractivity contribution is 7.98. The number of alkyl halides is 2. The Labute approximate surface area is 198 Å². The summed E-state index contributed by atoms with van der Waals surface area (Å²) in [5.74, 6) is 5.65. The third-order valence-corrected chi connectivity index (χ3v) is 6.91. The predicted octanol–water partition coefficient (Wildman–Crippen LogP) is 6.45. The van der Waals surface area contributed by atoms with E-state index in [9.17, 15) is 8.78 Å². The molecule has 2 fully saturated rings. The Morgan fingerprint density at radius 2 is 1.85 bits per heavy atom. The molecule has 33 heavy (non-hydrogen) atoms. The molecule has 1 saturated heterocycles. The number of benzene rings is 1. The molecular formula is C25H31F2N5S. The quantitative estimate of drug-likeness (QED) is 0.427. The van der Waals surface area contributed by atoms with E-state index in [1.807, 2.05) is 30.2 Å². The number of rotatable bonds is 7. The first-order valence-corrected chi connectivity index (χ1v) is 12.8. The van der Waals surface area contributed by atoms with E-state index in [2.05, 4.69) is 58.5 Å². The molecule has 0 atom stereocenters. The molecule has 1 N–H and O–H groups in total. The molecule has 0 unspecified atom stereocenters. The van der Waals surface area contributed by atoms with Gasteiger partial charge in [0.25, 0.3) is 0 Å². The highest BCUT2D eigenvalue weighted by Gasteiger charge is 2.28. The van der Waals surface area contributed by atoms with Gasteiger partial charge in [0.1, 0.15) is 17.5 Å². The number of pyridine rings is 1. The zero-order valence-corrected chi connectivity index (χ0v) is 20.2. The fourth-order valence-corrected chi connectivity index (χ4v) is 5.00. The van der Waals surface area contributed by atoms with E-state index >= 15 is 0 Å². The molecule has 0 radical (unpaired) electrons. The lowest BCUT2D eigenvalue weighted by Crippen LogP contribution is -2.48. The van der Waals surface area contributed by atoms with Crippen molar-refractivity contribution in [1.29, 1.82) is 0 Å². The molecule has 5 rings (SSSR count). The maximum atomic E-state index is 9.62. The number of halogens is 2. The highest BCUT2D eigenvalue weighted by atomic mass is 32.2. The summed E-state index contributed by atoms with van der Waals surface area (Å²) >= 11 is 1.94.